The van der Waals surface area contributed by atoms with Crippen LogP contribution >= 0.6 is 12.2 Å². The van der Waals surface area contributed by atoms with Crippen molar-refractivity contribution in [1.82, 2.24) is 4.98 Å². The largest absolute Gasteiger partial charge is 0.455 e. The van der Waals surface area contributed by atoms with Gasteiger partial charge in [0.1, 0.15) is 4.99 Å². The summed E-state index contributed by atoms with van der Waals surface area (Å²) in [4.78, 5) is 3.05. The molecule has 0 atom stereocenters. The average Bonchev–Trinajstić information content (AvgIpc) is 2.23. The minimum absolute atomic E-state index is 0.0445. The second-order valence-corrected chi connectivity index (χ2v) is 3.77. The van der Waals surface area contributed by atoms with Gasteiger partial charge in [0.25, 0.3) is 6.10 Å². The number of alkyl halides is 6. The van der Waals surface area contributed by atoms with Gasteiger partial charge < -0.3 is 10.5 Å². The number of ether oxygens (including phenoxy) is 1. The SMILES string of the molecule is NC(=S)c1ccnc(OC(C(F)(F)F)C(F)(F)F)c1. The lowest BCUT2D eigenvalue weighted by molar-refractivity contribution is -0.300. The molecule has 0 aliphatic heterocycles. The zero-order chi connectivity index (χ0) is 14.8. The van der Waals surface area contributed by atoms with E-state index in [-0.39, 0.29) is 10.6 Å². The fraction of sp³-hybridized carbons (Fsp3) is 0.333. The van der Waals surface area contributed by atoms with E-state index in [1.807, 2.05) is 0 Å². The Morgan fingerprint density at radius 2 is 1.74 bits per heavy atom. The molecule has 0 unspecified atom stereocenters. The molecule has 2 N–H and O–H groups in total. The van der Waals surface area contributed by atoms with Crippen LogP contribution in [0.4, 0.5) is 26.3 Å². The summed E-state index contributed by atoms with van der Waals surface area (Å²) in [5.41, 5.74) is 5.23. The van der Waals surface area contributed by atoms with Gasteiger partial charge in [-0.2, -0.15) is 26.3 Å². The van der Waals surface area contributed by atoms with Crippen molar-refractivity contribution in [3.8, 4) is 5.88 Å². The van der Waals surface area contributed by atoms with Crippen LogP contribution in [-0.2, 0) is 0 Å². The molecule has 10 heteroatoms. The Morgan fingerprint density at radius 3 is 2.16 bits per heavy atom. The topological polar surface area (TPSA) is 48.1 Å². The maximum atomic E-state index is 12.2. The van der Waals surface area contributed by atoms with Crippen molar-refractivity contribution in [3.63, 3.8) is 0 Å². The Bertz CT molecular complexity index is 459. The molecule has 0 aliphatic carbocycles. The Balaban J connectivity index is 3.04. The first-order valence-electron chi connectivity index (χ1n) is 4.58. The lowest BCUT2D eigenvalue weighted by atomic mass is 10.2. The standard InChI is InChI=1S/C9H6F6N2OS/c10-8(11,12)7(9(13,14)15)18-5-3-4(6(16)19)1-2-17-5/h1-3,7H,(H2,16,19). The van der Waals surface area contributed by atoms with Gasteiger partial charge in [-0.3, -0.25) is 0 Å². The molecule has 1 heterocycles. The lowest BCUT2D eigenvalue weighted by Crippen LogP contribution is -2.46. The van der Waals surface area contributed by atoms with Crippen LogP contribution in [0.2, 0.25) is 0 Å². The van der Waals surface area contributed by atoms with E-state index < -0.39 is 24.3 Å². The highest BCUT2D eigenvalue weighted by molar-refractivity contribution is 7.80. The number of nitrogens with zero attached hydrogens (tertiary/aromatic N) is 1. The number of aromatic nitrogens is 1. The number of hydrogen-bond acceptors (Lipinski definition) is 3. The van der Waals surface area contributed by atoms with E-state index in [0.717, 1.165) is 12.3 Å². The van der Waals surface area contributed by atoms with Crippen LogP contribution in [0.1, 0.15) is 5.56 Å². The Hall–Kier alpha value is -1.58. The molecule has 106 valence electrons. The highest BCUT2D eigenvalue weighted by Crippen LogP contribution is 2.36. The summed E-state index contributed by atoms with van der Waals surface area (Å²) in [6.45, 7) is 0. The molecular formula is C9H6F6N2OS. The monoisotopic (exact) mass is 304 g/mol. The molecular weight excluding hydrogens is 298 g/mol. The van der Waals surface area contributed by atoms with Crippen molar-refractivity contribution in [2.75, 3.05) is 0 Å². The van der Waals surface area contributed by atoms with Gasteiger partial charge in [-0.15, -0.1) is 0 Å². The Morgan fingerprint density at radius 1 is 1.21 bits per heavy atom. The zero-order valence-corrected chi connectivity index (χ0v) is 9.73. The average molecular weight is 304 g/mol. The van der Waals surface area contributed by atoms with E-state index in [2.05, 4.69) is 21.9 Å². The van der Waals surface area contributed by atoms with E-state index in [1.165, 1.54) is 6.07 Å². The quantitative estimate of drug-likeness (QED) is 0.689. The van der Waals surface area contributed by atoms with Crippen LogP contribution in [0, 0.1) is 0 Å². The third-order valence-electron chi connectivity index (χ3n) is 1.85. The van der Waals surface area contributed by atoms with Crippen molar-refractivity contribution >= 4 is 17.2 Å². The van der Waals surface area contributed by atoms with Gasteiger partial charge in [0, 0.05) is 17.8 Å². The van der Waals surface area contributed by atoms with Gasteiger partial charge in [0.05, 0.1) is 0 Å². The van der Waals surface area contributed by atoms with Crippen molar-refractivity contribution in [2.24, 2.45) is 5.73 Å². The minimum Gasteiger partial charge on any atom is -0.455 e. The van der Waals surface area contributed by atoms with Crippen molar-refractivity contribution in [1.29, 1.82) is 0 Å². The summed E-state index contributed by atoms with van der Waals surface area (Å²) in [6.07, 6.45) is -14.2. The van der Waals surface area contributed by atoms with Gasteiger partial charge in [-0.05, 0) is 6.07 Å². The molecule has 3 nitrogen and oxygen atoms in total. The van der Waals surface area contributed by atoms with Gasteiger partial charge in [-0.25, -0.2) is 4.98 Å². The van der Waals surface area contributed by atoms with Crippen LogP contribution in [0.25, 0.3) is 0 Å². The molecule has 0 spiro atoms. The fourth-order valence-corrected chi connectivity index (χ4v) is 1.19. The van der Waals surface area contributed by atoms with Crippen molar-refractivity contribution in [2.45, 2.75) is 18.5 Å². The van der Waals surface area contributed by atoms with Crippen molar-refractivity contribution < 1.29 is 31.1 Å². The summed E-state index contributed by atoms with van der Waals surface area (Å²) >= 11 is 4.53. The molecule has 1 aromatic heterocycles. The zero-order valence-electron chi connectivity index (χ0n) is 8.92. The van der Waals surface area contributed by atoms with E-state index >= 15 is 0 Å². The Labute approximate surface area is 108 Å². The smallest absolute Gasteiger partial charge is 0.434 e. The number of nitrogens with two attached hydrogens (primary N) is 1. The van der Waals surface area contributed by atoms with Crippen molar-refractivity contribution in [3.05, 3.63) is 23.9 Å². The van der Waals surface area contributed by atoms with Crippen LogP contribution in [0.5, 0.6) is 5.88 Å². The third-order valence-corrected chi connectivity index (χ3v) is 2.09. The highest BCUT2D eigenvalue weighted by atomic mass is 32.1. The summed E-state index contributed by atoms with van der Waals surface area (Å²) in [7, 11) is 0. The summed E-state index contributed by atoms with van der Waals surface area (Å²) in [6, 6.07) is 2.03. The molecule has 1 aromatic rings. The van der Waals surface area contributed by atoms with Crippen LogP contribution < -0.4 is 10.5 Å². The molecule has 0 saturated heterocycles. The third kappa shape index (κ3) is 4.23. The first-order valence-corrected chi connectivity index (χ1v) is 4.98. The van der Waals surface area contributed by atoms with Crippen LogP contribution in [0.15, 0.2) is 18.3 Å². The molecule has 0 aromatic carbocycles. The first kappa shape index (κ1) is 15.5. The van der Waals surface area contributed by atoms with Gasteiger partial charge in [0.2, 0.25) is 5.88 Å². The normalized spacial score (nSPS) is 12.6. The maximum Gasteiger partial charge on any atom is 0.434 e. The van der Waals surface area contributed by atoms with Crippen LogP contribution in [0.3, 0.4) is 0 Å². The van der Waals surface area contributed by atoms with E-state index in [1.54, 1.807) is 0 Å². The first-order chi connectivity index (χ1) is 8.51. The molecule has 0 bridgehead atoms. The number of thiocarbonyl (C=S) groups is 1. The summed E-state index contributed by atoms with van der Waals surface area (Å²) in [5.74, 6) is -0.870. The molecule has 1 rings (SSSR count). The minimum atomic E-state index is -5.61. The molecule has 0 fully saturated rings. The molecule has 0 radical (unpaired) electrons. The van der Waals surface area contributed by atoms with E-state index in [4.69, 9.17) is 5.73 Å². The summed E-state index contributed by atoms with van der Waals surface area (Å²) < 4.78 is 77.3. The second-order valence-electron chi connectivity index (χ2n) is 3.33. The van der Waals surface area contributed by atoms with Gasteiger partial charge >= 0.3 is 12.4 Å². The summed E-state index contributed by atoms with van der Waals surface area (Å²) in [5, 5.41) is 0. The Kier molecular flexibility index (Phi) is 4.23. The number of halogens is 6. The maximum absolute atomic E-state index is 12.2. The predicted molar refractivity (Wildman–Crippen MR) is 56.7 cm³/mol. The molecule has 0 saturated carbocycles. The molecule has 0 aliphatic rings. The predicted octanol–water partition coefficient (Wildman–Crippen LogP) is 2.59. The second kappa shape index (κ2) is 5.19. The fourth-order valence-electron chi connectivity index (χ4n) is 1.07. The number of pyridine rings is 1. The van der Waals surface area contributed by atoms with Gasteiger partial charge in [-0.1, -0.05) is 12.2 Å². The molecule has 19 heavy (non-hydrogen) atoms. The molecule has 0 amide bonds. The lowest BCUT2D eigenvalue weighted by Gasteiger charge is -2.23. The number of hydrogen-bond donors (Lipinski definition) is 1. The van der Waals surface area contributed by atoms with E-state index in [0.29, 0.717) is 0 Å². The van der Waals surface area contributed by atoms with Gasteiger partial charge in [0.15, 0.2) is 0 Å². The highest BCUT2D eigenvalue weighted by Gasteiger charge is 2.59. The number of rotatable bonds is 3. The van der Waals surface area contributed by atoms with E-state index in [9.17, 15) is 26.3 Å². The van der Waals surface area contributed by atoms with Crippen LogP contribution in [-0.4, -0.2) is 28.4 Å².